The summed E-state index contributed by atoms with van der Waals surface area (Å²) in [6, 6.07) is 9.21. The SMILES string of the molecule is C[Si](C)=[Zr+2]([C]1=CC=CC1)[CH]1C=C(C(C)(C)C)c2ccccc21.[Cl-].[Cl-]. The molecule has 0 aliphatic heterocycles. The van der Waals surface area contributed by atoms with Crippen LogP contribution in [-0.2, 0) is 20.4 Å². The summed E-state index contributed by atoms with van der Waals surface area (Å²) in [5.41, 5.74) is 4.80. The van der Waals surface area contributed by atoms with Crippen molar-refractivity contribution in [2.24, 2.45) is 5.41 Å². The zero-order valence-electron chi connectivity index (χ0n) is 15.2. The van der Waals surface area contributed by atoms with Crippen LogP contribution in [0.25, 0.3) is 5.57 Å². The van der Waals surface area contributed by atoms with Gasteiger partial charge in [0, 0.05) is 0 Å². The zero-order valence-corrected chi connectivity index (χ0v) is 20.1. The zero-order chi connectivity index (χ0) is 15.9. The maximum atomic E-state index is 2.68. The van der Waals surface area contributed by atoms with E-state index >= 15 is 0 Å². The number of fused-ring (bicyclic) bond motifs is 1. The number of hydrogen-bond donors (Lipinski definition) is 0. The predicted molar refractivity (Wildman–Crippen MR) is 95.9 cm³/mol. The molecular weight excluding hydrogens is 430 g/mol. The van der Waals surface area contributed by atoms with Gasteiger partial charge in [-0.1, -0.05) is 0 Å². The Morgan fingerprint density at radius 2 is 1.75 bits per heavy atom. The van der Waals surface area contributed by atoms with Crippen molar-refractivity contribution in [3.8, 4) is 0 Å². The molecule has 0 spiro atoms. The molecular formula is C20H26Cl2SiZr. The fourth-order valence-electron chi connectivity index (χ4n) is 3.73. The van der Waals surface area contributed by atoms with E-state index in [4.69, 9.17) is 0 Å². The van der Waals surface area contributed by atoms with Crippen LogP contribution >= 0.6 is 0 Å². The van der Waals surface area contributed by atoms with E-state index in [2.05, 4.69) is 82.4 Å². The van der Waals surface area contributed by atoms with Crippen LogP contribution in [0.2, 0.25) is 13.1 Å². The molecule has 0 nitrogen and oxygen atoms in total. The normalized spacial score (nSPS) is 17.8. The second kappa shape index (κ2) is 8.67. The van der Waals surface area contributed by atoms with Crippen LogP contribution in [-0.4, -0.2) is 5.43 Å². The van der Waals surface area contributed by atoms with Crippen molar-refractivity contribution in [3.05, 3.63) is 63.0 Å². The predicted octanol–water partition coefficient (Wildman–Crippen LogP) is -0.108. The van der Waals surface area contributed by atoms with Gasteiger partial charge in [0.25, 0.3) is 0 Å². The van der Waals surface area contributed by atoms with E-state index in [0.717, 1.165) is 3.63 Å². The van der Waals surface area contributed by atoms with Crippen molar-refractivity contribution in [2.75, 3.05) is 0 Å². The first-order chi connectivity index (χ1) is 10.4. The molecule has 0 saturated heterocycles. The average Bonchev–Trinajstić information content (AvgIpc) is 3.07. The second-order valence-electron chi connectivity index (χ2n) is 7.63. The number of hydrogen-bond acceptors (Lipinski definition) is 0. The Labute approximate surface area is 167 Å². The van der Waals surface area contributed by atoms with Gasteiger partial charge in [-0.05, 0) is 0 Å². The number of halogens is 2. The fourth-order valence-corrected chi connectivity index (χ4v) is 21.5. The molecule has 0 saturated carbocycles. The summed E-state index contributed by atoms with van der Waals surface area (Å²) in [6.07, 6.45) is 11.0. The molecule has 1 unspecified atom stereocenters. The number of benzene rings is 1. The van der Waals surface area contributed by atoms with E-state index in [1.54, 1.807) is 11.1 Å². The van der Waals surface area contributed by atoms with Crippen molar-refractivity contribution >= 4 is 11.0 Å². The molecule has 0 bridgehead atoms. The molecule has 3 rings (SSSR count). The van der Waals surface area contributed by atoms with Gasteiger partial charge in [-0.3, -0.25) is 0 Å². The minimum absolute atomic E-state index is 0. The van der Waals surface area contributed by atoms with Crippen LogP contribution in [0.5, 0.6) is 0 Å². The third-order valence-corrected chi connectivity index (χ3v) is 22.8. The van der Waals surface area contributed by atoms with Crippen LogP contribution in [0.3, 0.4) is 0 Å². The molecule has 4 heteroatoms. The molecule has 128 valence electrons. The van der Waals surface area contributed by atoms with Gasteiger partial charge in [-0.15, -0.1) is 0 Å². The molecule has 2 aliphatic carbocycles. The molecule has 0 amide bonds. The van der Waals surface area contributed by atoms with Gasteiger partial charge >= 0.3 is 144 Å². The van der Waals surface area contributed by atoms with Crippen LogP contribution in [0, 0.1) is 5.41 Å². The van der Waals surface area contributed by atoms with Crippen molar-refractivity contribution < 1.29 is 45.2 Å². The monoisotopic (exact) mass is 454 g/mol. The topological polar surface area (TPSA) is 0 Å². The Morgan fingerprint density at radius 3 is 2.29 bits per heavy atom. The van der Waals surface area contributed by atoms with Gasteiger partial charge in [-0.25, -0.2) is 0 Å². The standard InChI is InChI=1S/C13H15.C5H5.C2H6Si.2ClH.Zr/c1-13(2,3)12-9-8-10-6-4-5-7-11(10)12;1-2-4-5-3-1;1-3-2;;;/h4-9H,1-3H3;1-3H,4H2;1-2H3;2*1H;/q;;;;;+2/p-2. The first-order valence-corrected chi connectivity index (χ1v) is 17.1. The van der Waals surface area contributed by atoms with E-state index in [0.29, 0.717) is 0 Å². The van der Waals surface area contributed by atoms with Crippen molar-refractivity contribution in [3.63, 3.8) is 0 Å². The van der Waals surface area contributed by atoms with Crippen LogP contribution in [0.1, 0.15) is 41.9 Å². The Hall–Kier alpha value is 0.120. The first kappa shape index (κ1) is 22.2. The minimum Gasteiger partial charge on any atom is -1.00 e. The third-order valence-electron chi connectivity index (χ3n) is 4.69. The summed E-state index contributed by atoms with van der Waals surface area (Å²) in [7, 11) is 0. The molecule has 24 heavy (non-hydrogen) atoms. The second-order valence-corrected chi connectivity index (χ2v) is 25.3. The Morgan fingerprint density at radius 1 is 1.08 bits per heavy atom. The molecule has 1 aromatic carbocycles. The summed E-state index contributed by atoms with van der Waals surface area (Å²) in [4.78, 5) is 0. The molecule has 0 heterocycles. The summed E-state index contributed by atoms with van der Waals surface area (Å²) in [5, 5.41) is 0. The molecule has 1 aromatic rings. The summed E-state index contributed by atoms with van der Waals surface area (Å²) in [6.45, 7) is 12.2. The van der Waals surface area contributed by atoms with Gasteiger partial charge < -0.3 is 24.8 Å². The van der Waals surface area contributed by atoms with E-state index in [9.17, 15) is 0 Å². The van der Waals surface area contributed by atoms with E-state index in [1.165, 1.54) is 12.0 Å². The largest absolute Gasteiger partial charge is 1.00 e. The van der Waals surface area contributed by atoms with Crippen LogP contribution in [0.4, 0.5) is 0 Å². The van der Waals surface area contributed by atoms with E-state index in [-0.39, 0.29) is 35.7 Å². The Kier molecular flexibility index (Phi) is 8.01. The third kappa shape index (κ3) is 4.26. The Balaban J connectivity index is 0.00000144. The molecule has 1 atom stereocenters. The smallest absolute Gasteiger partial charge is 1.00 e. The fraction of sp³-hybridized carbons (Fsp3) is 0.400. The van der Waals surface area contributed by atoms with Gasteiger partial charge in [0.15, 0.2) is 0 Å². The van der Waals surface area contributed by atoms with Crippen LogP contribution in [0.15, 0.2) is 51.9 Å². The van der Waals surface area contributed by atoms with Gasteiger partial charge in [-0.2, -0.15) is 0 Å². The summed E-state index contributed by atoms with van der Waals surface area (Å²) >= 11 is -1.62. The van der Waals surface area contributed by atoms with Crippen molar-refractivity contribution in [2.45, 2.75) is 43.9 Å². The summed E-state index contributed by atoms with van der Waals surface area (Å²) < 4.78 is 2.61. The van der Waals surface area contributed by atoms with Gasteiger partial charge in [0.2, 0.25) is 0 Å². The Bertz CT molecular complexity index is 732. The van der Waals surface area contributed by atoms with Crippen molar-refractivity contribution in [1.29, 1.82) is 0 Å². The maximum absolute atomic E-state index is 2.68. The first-order valence-electron chi connectivity index (χ1n) is 8.24. The molecule has 0 radical (unpaired) electrons. The van der Waals surface area contributed by atoms with Gasteiger partial charge in [0.1, 0.15) is 0 Å². The molecule has 0 aromatic heterocycles. The maximum Gasteiger partial charge on any atom is -1.00 e. The number of allylic oxidation sites excluding steroid dienone is 6. The molecule has 0 fully saturated rings. The molecule has 0 N–H and O–H groups in total. The van der Waals surface area contributed by atoms with E-state index in [1.807, 2.05) is 3.28 Å². The molecule has 2 aliphatic rings. The average molecular weight is 457 g/mol. The number of rotatable bonds is 2. The van der Waals surface area contributed by atoms with E-state index < -0.39 is 20.4 Å². The quantitative estimate of drug-likeness (QED) is 0.545. The van der Waals surface area contributed by atoms with Crippen molar-refractivity contribution in [1.82, 2.24) is 0 Å². The van der Waals surface area contributed by atoms with Gasteiger partial charge in [0.05, 0.1) is 0 Å². The summed E-state index contributed by atoms with van der Waals surface area (Å²) in [5.74, 6) is 0. The van der Waals surface area contributed by atoms with Crippen LogP contribution < -0.4 is 24.8 Å². The minimum atomic E-state index is -1.62.